The molecule has 1 aromatic carbocycles. The number of nitrogens with one attached hydrogen (secondary N) is 1. The van der Waals surface area contributed by atoms with Gasteiger partial charge >= 0.3 is 0 Å². The van der Waals surface area contributed by atoms with E-state index in [1.807, 2.05) is 36.9 Å². The number of likely N-dealkylation sites (tertiary alicyclic amines) is 2. The Kier molecular flexibility index (Phi) is 8.64. The number of carbonyl (C=O) groups is 2. The van der Waals surface area contributed by atoms with Gasteiger partial charge in [-0.1, -0.05) is 12.1 Å². The highest BCUT2D eigenvalue weighted by Gasteiger charge is 2.42. The molecule has 3 fully saturated rings. The molecule has 218 valence electrons. The topological polar surface area (TPSA) is 102 Å². The van der Waals surface area contributed by atoms with Crippen LogP contribution >= 0.6 is 0 Å². The molecule has 10 heteroatoms. The van der Waals surface area contributed by atoms with Crippen LogP contribution in [0, 0.1) is 42.9 Å². The fourth-order valence-electron chi connectivity index (χ4n) is 6.78. The van der Waals surface area contributed by atoms with Crippen molar-refractivity contribution in [2.75, 3.05) is 32.7 Å². The van der Waals surface area contributed by atoms with E-state index in [1.165, 1.54) is 6.33 Å². The molecule has 41 heavy (non-hydrogen) atoms. The van der Waals surface area contributed by atoms with Gasteiger partial charge in [-0.25, -0.2) is 18.7 Å². The zero-order valence-corrected chi connectivity index (χ0v) is 23.8. The van der Waals surface area contributed by atoms with Crippen LogP contribution in [0.5, 0.6) is 0 Å². The Morgan fingerprint density at radius 3 is 2.39 bits per heavy atom. The number of rotatable bonds is 8. The largest absolute Gasteiger partial charge is 0.349 e. The first-order valence-corrected chi connectivity index (χ1v) is 14.6. The van der Waals surface area contributed by atoms with Crippen molar-refractivity contribution in [2.24, 2.45) is 17.8 Å². The Morgan fingerprint density at radius 2 is 1.76 bits per heavy atom. The third kappa shape index (κ3) is 6.89. The maximum Gasteiger partial charge on any atom is 0.257 e. The lowest BCUT2D eigenvalue weighted by Gasteiger charge is -2.29. The lowest BCUT2D eigenvalue weighted by atomic mass is 9.84. The predicted octanol–water partition coefficient (Wildman–Crippen LogP) is 4.43. The smallest absolute Gasteiger partial charge is 0.257 e. The van der Waals surface area contributed by atoms with Crippen LogP contribution < -0.4 is 5.32 Å². The first kappa shape index (κ1) is 29.1. The van der Waals surface area contributed by atoms with Gasteiger partial charge in [-0.15, -0.1) is 0 Å². The van der Waals surface area contributed by atoms with E-state index in [0.29, 0.717) is 66.7 Å². The average molecular weight is 565 g/mol. The SMILES string of the molecule is Cc1ncnc(C)c1C(=O)N1CC2CN(CC[C@H](NC(=O)CC3CCC(F)(F)CC3)c3cccc(C#N)c3)CC2C1. The summed E-state index contributed by atoms with van der Waals surface area (Å²) in [5.41, 5.74) is 3.42. The minimum atomic E-state index is -2.61. The van der Waals surface area contributed by atoms with Gasteiger partial charge in [-0.3, -0.25) is 9.59 Å². The van der Waals surface area contributed by atoms with Crippen LogP contribution in [-0.4, -0.2) is 70.2 Å². The van der Waals surface area contributed by atoms with Crippen molar-refractivity contribution in [3.8, 4) is 6.07 Å². The summed E-state index contributed by atoms with van der Waals surface area (Å²) >= 11 is 0. The zero-order chi connectivity index (χ0) is 29.1. The van der Waals surface area contributed by atoms with Crippen LogP contribution in [0.2, 0.25) is 0 Å². The van der Waals surface area contributed by atoms with Crippen molar-refractivity contribution in [3.05, 3.63) is 58.7 Å². The monoisotopic (exact) mass is 564 g/mol. The van der Waals surface area contributed by atoms with Gasteiger partial charge < -0.3 is 15.1 Å². The molecule has 2 saturated heterocycles. The van der Waals surface area contributed by atoms with E-state index >= 15 is 0 Å². The molecule has 5 rings (SSSR count). The molecule has 0 bridgehead atoms. The fraction of sp³-hybridized carbons (Fsp3) is 0.581. The van der Waals surface area contributed by atoms with E-state index < -0.39 is 5.92 Å². The predicted molar refractivity (Wildman–Crippen MR) is 149 cm³/mol. The van der Waals surface area contributed by atoms with Gasteiger partial charge in [-0.2, -0.15) is 5.26 Å². The van der Waals surface area contributed by atoms with Crippen molar-refractivity contribution < 1.29 is 18.4 Å². The molecule has 1 N–H and O–H groups in total. The number of hydrogen-bond donors (Lipinski definition) is 1. The summed E-state index contributed by atoms with van der Waals surface area (Å²) in [7, 11) is 0. The summed E-state index contributed by atoms with van der Waals surface area (Å²) in [5.74, 6) is -1.98. The van der Waals surface area contributed by atoms with Crippen molar-refractivity contribution >= 4 is 11.8 Å². The summed E-state index contributed by atoms with van der Waals surface area (Å²) < 4.78 is 27.1. The number of aromatic nitrogens is 2. The molecule has 1 aliphatic carbocycles. The van der Waals surface area contributed by atoms with Crippen molar-refractivity contribution in [3.63, 3.8) is 0 Å². The molecule has 2 amide bonds. The molecular formula is C31H38F2N6O2. The molecule has 2 unspecified atom stereocenters. The summed E-state index contributed by atoms with van der Waals surface area (Å²) in [4.78, 5) is 39.0. The molecule has 3 aliphatic rings. The number of nitrogens with zero attached hydrogens (tertiary/aromatic N) is 5. The van der Waals surface area contributed by atoms with Crippen LogP contribution in [-0.2, 0) is 4.79 Å². The third-order valence-corrected chi connectivity index (χ3v) is 9.09. The summed E-state index contributed by atoms with van der Waals surface area (Å²) in [6, 6.07) is 9.19. The normalized spacial score (nSPS) is 23.1. The maximum atomic E-state index is 13.6. The minimum absolute atomic E-state index is 0.00314. The standard InChI is InChI=1S/C31H38F2N6O2/c1-20-29(21(2)36-19-35-20)30(41)39-17-25-15-38(16-26(25)18-39)11-8-27(24-5-3-4-23(12-24)14-34)37-28(40)13-22-6-9-31(32,33)10-7-22/h3-5,12,19,22,25-27H,6-11,13,15-18H2,1-2H3,(H,37,40)/t25?,26?,27-/m0/s1. The molecule has 0 radical (unpaired) electrons. The Hall–Kier alpha value is -3.45. The first-order chi connectivity index (χ1) is 19.6. The quantitative estimate of drug-likeness (QED) is 0.509. The van der Waals surface area contributed by atoms with Gasteiger partial charge in [0.25, 0.3) is 5.91 Å². The van der Waals surface area contributed by atoms with Crippen molar-refractivity contribution in [2.45, 2.75) is 64.3 Å². The van der Waals surface area contributed by atoms with Crippen molar-refractivity contribution in [1.82, 2.24) is 25.1 Å². The first-order valence-electron chi connectivity index (χ1n) is 14.6. The van der Waals surface area contributed by atoms with E-state index in [2.05, 4.69) is 26.3 Å². The maximum absolute atomic E-state index is 13.6. The van der Waals surface area contributed by atoms with E-state index in [9.17, 15) is 23.6 Å². The average Bonchev–Trinajstić information content (AvgIpc) is 3.51. The summed E-state index contributed by atoms with van der Waals surface area (Å²) in [5, 5.41) is 12.6. The number of nitriles is 1. The van der Waals surface area contributed by atoms with Crippen LogP contribution in [0.4, 0.5) is 8.78 Å². The number of amides is 2. The highest BCUT2D eigenvalue weighted by atomic mass is 19.3. The summed E-state index contributed by atoms with van der Waals surface area (Å²) in [6.45, 7) is 7.63. The number of benzene rings is 1. The Morgan fingerprint density at radius 1 is 1.10 bits per heavy atom. The number of carbonyl (C=O) groups excluding carboxylic acids is 2. The molecule has 1 saturated carbocycles. The lowest BCUT2D eigenvalue weighted by molar-refractivity contribution is -0.124. The molecular weight excluding hydrogens is 526 g/mol. The van der Waals surface area contributed by atoms with Gasteiger partial charge in [0.15, 0.2) is 0 Å². The van der Waals surface area contributed by atoms with Crippen LogP contribution in [0.25, 0.3) is 0 Å². The Labute approximate surface area is 240 Å². The Balaban J connectivity index is 1.17. The third-order valence-electron chi connectivity index (χ3n) is 9.09. The van der Waals surface area contributed by atoms with E-state index in [1.54, 1.807) is 6.07 Å². The molecule has 1 aromatic heterocycles. The van der Waals surface area contributed by atoms with Crippen LogP contribution in [0.1, 0.15) is 77.4 Å². The number of hydrogen-bond acceptors (Lipinski definition) is 6. The van der Waals surface area contributed by atoms with Gasteiger partial charge in [0, 0.05) is 52.0 Å². The second-order valence-electron chi connectivity index (χ2n) is 12.1. The number of alkyl halides is 2. The van der Waals surface area contributed by atoms with E-state index in [4.69, 9.17) is 0 Å². The van der Waals surface area contributed by atoms with E-state index in [0.717, 1.165) is 25.2 Å². The molecule has 0 spiro atoms. The van der Waals surface area contributed by atoms with Crippen LogP contribution in [0.15, 0.2) is 30.6 Å². The zero-order valence-electron chi connectivity index (χ0n) is 23.8. The number of aryl methyl sites for hydroxylation is 2. The van der Waals surface area contributed by atoms with Gasteiger partial charge in [-0.05, 0) is 68.6 Å². The number of fused-ring (bicyclic) bond motifs is 1. The molecule has 2 aliphatic heterocycles. The Bertz CT molecular complexity index is 1280. The molecule has 2 aromatic rings. The minimum Gasteiger partial charge on any atom is -0.349 e. The fourth-order valence-corrected chi connectivity index (χ4v) is 6.78. The molecule has 8 nitrogen and oxygen atoms in total. The molecule has 3 atom stereocenters. The number of halogens is 2. The van der Waals surface area contributed by atoms with Gasteiger partial charge in [0.2, 0.25) is 11.8 Å². The van der Waals surface area contributed by atoms with Gasteiger partial charge in [0.05, 0.1) is 34.6 Å². The summed E-state index contributed by atoms with van der Waals surface area (Å²) in [6.07, 6.45) is 2.82. The second-order valence-corrected chi connectivity index (χ2v) is 12.1. The van der Waals surface area contributed by atoms with Crippen molar-refractivity contribution in [1.29, 1.82) is 5.26 Å². The second kappa shape index (κ2) is 12.2. The highest BCUT2D eigenvalue weighted by molar-refractivity contribution is 5.96. The van der Waals surface area contributed by atoms with Crippen LogP contribution in [0.3, 0.4) is 0 Å². The van der Waals surface area contributed by atoms with Gasteiger partial charge in [0.1, 0.15) is 6.33 Å². The molecule has 3 heterocycles. The highest BCUT2D eigenvalue weighted by Crippen LogP contribution is 2.38. The lowest BCUT2D eigenvalue weighted by Crippen LogP contribution is -2.36. The van der Waals surface area contributed by atoms with E-state index in [-0.39, 0.29) is 43.0 Å².